The lowest BCUT2D eigenvalue weighted by Gasteiger charge is -2.16. The third kappa shape index (κ3) is 2.85. The second-order valence-electron chi connectivity index (χ2n) is 7.22. The van der Waals surface area contributed by atoms with Gasteiger partial charge in [-0.2, -0.15) is 5.26 Å². The first-order valence-electron chi connectivity index (χ1n) is 9.12. The summed E-state index contributed by atoms with van der Waals surface area (Å²) in [4.78, 5) is 20.5. The second kappa shape index (κ2) is 6.69. The van der Waals surface area contributed by atoms with Gasteiger partial charge in [-0.05, 0) is 48.9 Å². The Morgan fingerprint density at radius 3 is 2.88 bits per heavy atom. The highest BCUT2D eigenvalue weighted by Crippen LogP contribution is 2.34. The fourth-order valence-corrected chi connectivity index (χ4v) is 5.03. The molecule has 0 amide bonds. The van der Waals surface area contributed by atoms with Gasteiger partial charge in [0.1, 0.15) is 10.7 Å². The molecular weight excluding hydrogens is 342 g/mol. The molecule has 0 spiro atoms. The zero-order valence-electron chi connectivity index (χ0n) is 15.1. The zero-order chi connectivity index (χ0) is 18.3. The molecule has 2 aromatic heterocycles. The molecule has 1 aliphatic carbocycles. The van der Waals surface area contributed by atoms with Gasteiger partial charge in [-0.1, -0.05) is 26.0 Å². The van der Waals surface area contributed by atoms with E-state index in [0.29, 0.717) is 12.1 Å². The predicted octanol–water partition coefficient (Wildman–Crippen LogP) is 4.38. The van der Waals surface area contributed by atoms with Crippen LogP contribution in [-0.2, 0) is 19.4 Å². The van der Waals surface area contributed by atoms with Crippen molar-refractivity contribution in [2.24, 2.45) is 0 Å². The van der Waals surface area contributed by atoms with E-state index in [1.807, 2.05) is 22.8 Å². The quantitative estimate of drug-likeness (QED) is 0.694. The minimum Gasteiger partial charge on any atom is -0.291 e. The molecule has 0 atom stereocenters. The van der Waals surface area contributed by atoms with Crippen molar-refractivity contribution in [3.8, 4) is 6.07 Å². The van der Waals surface area contributed by atoms with E-state index in [-0.39, 0.29) is 11.5 Å². The third-order valence-corrected chi connectivity index (χ3v) is 6.20. The molecule has 0 bridgehead atoms. The molecule has 1 aromatic carbocycles. The van der Waals surface area contributed by atoms with Crippen molar-refractivity contribution in [1.82, 2.24) is 9.55 Å². The van der Waals surface area contributed by atoms with E-state index < -0.39 is 0 Å². The molecule has 0 saturated heterocycles. The zero-order valence-corrected chi connectivity index (χ0v) is 15.9. The predicted molar refractivity (Wildman–Crippen MR) is 105 cm³/mol. The summed E-state index contributed by atoms with van der Waals surface area (Å²) < 4.78 is 1.81. The average molecular weight is 363 g/mol. The largest absolute Gasteiger partial charge is 0.291 e. The lowest BCUT2D eigenvalue weighted by molar-refractivity contribution is 0.634. The molecule has 0 N–H and O–H groups in total. The summed E-state index contributed by atoms with van der Waals surface area (Å²) >= 11 is 1.70. The van der Waals surface area contributed by atoms with Crippen LogP contribution >= 0.6 is 11.3 Å². The van der Waals surface area contributed by atoms with Gasteiger partial charge in [0.05, 0.1) is 23.6 Å². The lowest BCUT2D eigenvalue weighted by Crippen LogP contribution is -2.27. The smallest absolute Gasteiger partial charge is 0.262 e. The summed E-state index contributed by atoms with van der Waals surface area (Å²) in [6.45, 7) is 4.60. The number of fused-ring (bicyclic) bond motifs is 3. The molecule has 0 unspecified atom stereocenters. The summed E-state index contributed by atoms with van der Waals surface area (Å²) in [6, 6.07) is 9.64. The van der Waals surface area contributed by atoms with E-state index in [9.17, 15) is 4.79 Å². The van der Waals surface area contributed by atoms with E-state index in [4.69, 9.17) is 10.2 Å². The Labute approximate surface area is 156 Å². The van der Waals surface area contributed by atoms with Crippen LogP contribution in [0.2, 0.25) is 0 Å². The van der Waals surface area contributed by atoms with Crippen LogP contribution in [0.5, 0.6) is 0 Å². The van der Waals surface area contributed by atoms with E-state index in [1.54, 1.807) is 17.4 Å². The van der Waals surface area contributed by atoms with Gasteiger partial charge in [-0.15, -0.1) is 11.3 Å². The fourth-order valence-electron chi connectivity index (χ4n) is 3.77. The molecule has 3 aromatic rings. The van der Waals surface area contributed by atoms with Gasteiger partial charge in [0.15, 0.2) is 0 Å². The van der Waals surface area contributed by atoms with E-state index in [1.165, 1.54) is 16.9 Å². The molecule has 5 heteroatoms. The molecule has 4 rings (SSSR count). The molecule has 4 nitrogen and oxygen atoms in total. The number of aromatic nitrogens is 2. The number of hydrogen-bond acceptors (Lipinski definition) is 4. The lowest BCUT2D eigenvalue weighted by atomic mass is 9.97. The van der Waals surface area contributed by atoms with Crippen molar-refractivity contribution in [2.75, 3.05) is 0 Å². The van der Waals surface area contributed by atoms with E-state index in [0.717, 1.165) is 40.9 Å². The number of hydrogen-bond donors (Lipinski definition) is 0. The number of nitrogens with zero attached hydrogens (tertiary/aromatic N) is 3. The SMILES string of the molecule is CC(C)c1nc2sc3c(c2c(=O)n1Cc1cccc(C#N)c1)CCCC3. The molecular formula is C21H21N3OS. The first-order chi connectivity index (χ1) is 12.6. The van der Waals surface area contributed by atoms with Gasteiger partial charge in [-0.3, -0.25) is 9.36 Å². The van der Waals surface area contributed by atoms with Crippen molar-refractivity contribution in [3.63, 3.8) is 0 Å². The molecule has 0 radical (unpaired) electrons. The van der Waals surface area contributed by atoms with Crippen LogP contribution in [0.25, 0.3) is 10.2 Å². The molecule has 0 fully saturated rings. The minimum absolute atomic E-state index is 0.0699. The Kier molecular flexibility index (Phi) is 4.37. The van der Waals surface area contributed by atoms with Crippen LogP contribution in [0, 0.1) is 11.3 Å². The Bertz CT molecular complexity index is 1090. The summed E-state index contributed by atoms with van der Waals surface area (Å²) in [5.41, 5.74) is 2.87. The van der Waals surface area contributed by atoms with Crippen molar-refractivity contribution >= 4 is 21.6 Å². The number of aryl methyl sites for hydroxylation is 2. The van der Waals surface area contributed by atoms with E-state index in [2.05, 4.69) is 19.9 Å². The molecule has 0 aliphatic heterocycles. The van der Waals surface area contributed by atoms with Gasteiger partial charge < -0.3 is 0 Å². The highest BCUT2D eigenvalue weighted by Gasteiger charge is 2.23. The maximum atomic E-state index is 13.4. The van der Waals surface area contributed by atoms with Crippen LogP contribution in [-0.4, -0.2) is 9.55 Å². The first kappa shape index (κ1) is 17.0. The molecule has 132 valence electrons. The van der Waals surface area contributed by atoms with E-state index >= 15 is 0 Å². The van der Waals surface area contributed by atoms with Crippen LogP contribution < -0.4 is 5.56 Å². The van der Waals surface area contributed by atoms with Crippen molar-refractivity contribution in [2.45, 2.75) is 52.0 Å². The van der Waals surface area contributed by atoms with Gasteiger partial charge in [0.25, 0.3) is 5.56 Å². The van der Waals surface area contributed by atoms with Crippen LogP contribution in [0.1, 0.15) is 60.0 Å². The normalized spacial score (nSPS) is 13.8. The topological polar surface area (TPSA) is 58.7 Å². The second-order valence-corrected chi connectivity index (χ2v) is 8.30. The van der Waals surface area contributed by atoms with Crippen molar-refractivity contribution in [3.05, 3.63) is 62.0 Å². The number of thiophene rings is 1. The standard InChI is InChI=1S/C21H21N3OS/c1-13(2)19-23-20-18(16-8-3-4-9-17(16)26-20)21(25)24(19)12-15-7-5-6-14(10-15)11-22/h5-7,10,13H,3-4,8-9,12H2,1-2H3. The highest BCUT2D eigenvalue weighted by atomic mass is 32.1. The summed E-state index contributed by atoms with van der Waals surface area (Å²) in [5, 5.41) is 9.97. The monoisotopic (exact) mass is 363 g/mol. The molecule has 26 heavy (non-hydrogen) atoms. The highest BCUT2D eigenvalue weighted by molar-refractivity contribution is 7.18. The maximum absolute atomic E-state index is 13.4. The van der Waals surface area contributed by atoms with Crippen LogP contribution in [0.3, 0.4) is 0 Å². The number of rotatable bonds is 3. The third-order valence-electron chi connectivity index (χ3n) is 5.02. The van der Waals surface area contributed by atoms with Gasteiger partial charge >= 0.3 is 0 Å². The Hall–Kier alpha value is -2.45. The number of benzene rings is 1. The van der Waals surface area contributed by atoms with Gasteiger partial charge in [0.2, 0.25) is 0 Å². The molecule has 0 saturated carbocycles. The number of nitriles is 1. The molecule has 1 aliphatic rings. The average Bonchev–Trinajstić information content (AvgIpc) is 3.02. The van der Waals surface area contributed by atoms with Crippen molar-refractivity contribution < 1.29 is 0 Å². The van der Waals surface area contributed by atoms with Crippen LogP contribution in [0.15, 0.2) is 29.1 Å². The Balaban J connectivity index is 1.92. The maximum Gasteiger partial charge on any atom is 0.262 e. The molecule has 2 heterocycles. The summed E-state index contributed by atoms with van der Waals surface area (Å²) in [6.07, 6.45) is 4.40. The summed E-state index contributed by atoms with van der Waals surface area (Å²) in [7, 11) is 0. The first-order valence-corrected chi connectivity index (χ1v) is 9.94. The van der Waals surface area contributed by atoms with Crippen LogP contribution in [0.4, 0.5) is 0 Å². The summed E-state index contributed by atoms with van der Waals surface area (Å²) in [5.74, 6) is 0.980. The minimum atomic E-state index is 0.0699. The Morgan fingerprint density at radius 2 is 2.12 bits per heavy atom. The van der Waals surface area contributed by atoms with Gasteiger partial charge in [-0.25, -0.2) is 4.98 Å². The van der Waals surface area contributed by atoms with Crippen molar-refractivity contribution in [1.29, 1.82) is 5.26 Å². The fraction of sp³-hybridized carbons (Fsp3) is 0.381. The Morgan fingerprint density at radius 1 is 1.31 bits per heavy atom. The van der Waals surface area contributed by atoms with Gasteiger partial charge in [0, 0.05) is 10.8 Å².